The van der Waals surface area contributed by atoms with Crippen LogP contribution in [0.25, 0.3) is 10.2 Å². The van der Waals surface area contributed by atoms with Gasteiger partial charge >= 0.3 is 6.03 Å². The minimum Gasteiger partial charge on any atom is -0.399 e. The second-order valence-corrected chi connectivity index (χ2v) is 6.65. The zero-order valence-corrected chi connectivity index (χ0v) is 12.6. The summed E-state index contributed by atoms with van der Waals surface area (Å²) in [5.74, 6) is -0.354. The summed E-state index contributed by atoms with van der Waals surface area (Å²) in [4.78, 5) is 27.2. The highest BCUT2D eigenvalue weighted by Crippen LogP contribution is 2.32. The van der Waals surface area contributed by atoms with E-state index in [1.54, 1.807) is 13.0 Å². The number of fused-ring (bicyclic) bond motifs is 1. The van der Waals surface area contributed by atoms with Crippen molar-refractivity contribution in [3.8, 4) is 0 Å². The maximum atomic E-state index is 11.8. The molecular weight excluding hydrogens is 296 g/mol. The average Bonchev–Trinajstić information content (AvgIpc) is 2.79. The van der Waals surface area contributed by atoms with E-state index in [9.17, 15) is 9.59 Å². The molecule has 0 radical (unpaired) electrons. The van der Waals surface area contributed by atoms with Gasteiger partial charge < -0.3 is 11.1 Å². The Morgan fingerprint density at radius 3 is 2.90 bits per heavy atom. The van der Waals surface area contributed by atoms with Gasteiger partial charge in [0.1, 0.15) is 0 Å². The fourth-order valence-corrected chi connectivity index (χ4v) is 3.71. The van der Waals surface area contributed by atoms with Crippen LogP contribution in [0.15, 0.2) is 22.5 Å². The lowest BCUT2D eigenvalue weighted by molar-refractivity contribution is -0.119. The molecular formula is C12H14N4O2S2. The zero-order chi connectivity index (χ0) is 14.7. The predicted molar refractivity (Wildman–Crippen MR) is 81.9 cm³/mol. The van der Waals surface area contributed by atoms with Gasteiger partial charge in [-0.2, -0.15) is 0 Å². The number of benzene rings is 1. The van der Waals surface area contributed by atoms with Gasteiger partial charge in [-0.1, -0.05) is 11.8 Å². The van der Waals surface area contributed by atoms with Crippen molar-refractivity contribution in [2.45, 2.75) is 16.5 Å². The van der Waals surface area contributed by atoms with Crippen LogP contribution in [0.2, 0.25) is 0 Å². The van der Waals surface area contributed by atoms with E-state index in [4.69, 9.17) is 5.73 Å². The first-order valence-electron chi connectivity index (χ1n) is 5.85. The lowest BCUT2D eigenvalue weighted by Gasteiger charge is -2.08. The molecule has 2 aromatic rings. The fourth-order valence-electron chi connectivity index (χ4n) is 1.45. The van der Waals surface area contributed by atoms with Crippen molar-refractivity contribution in [3.63, 3.8) is 0 Å². The lowest BCUT2D eigenvalue weighted by atomic mass is 10.3. The Bertz CT molecular complexity index is 656. The van der Waals surface area contributed by atoms with Gasteiger partial charge in [-0.15, -0.1) is 11.3 Å². The number of anilines is 1. The highest BCUT2D eigenvalue weighted by atomic mass is 32.2. The number of hydrogen-bond donors (Lipinski definition) is 3. The minimum atomic E-state index is -0.514. The average molecular weight is 310 g/mol. The third kappa shape index (κ3) is 3.40. The highest BCUT2D eigenvalue weighted by molar-refractivity contribution is 8.02. The van der Waals surface area contributed by atoms with Crippen LogP contribution in [-0.4, -0.2) is 29.2 Å². The quantitative estimate of drug-likeness (QED) is 0.593. The van der Waals surface area contributed by atoms with E-state index in [0.29, 0.717) is 5.69 Å². The molecule has 6 nitrogen and oxygen atoms in total. The second kappa shape index (κ2) is 6.10. The molecule has 1 aromatic heterocycles. The van der Waals surface area contributed by atoms with Crippen molar-refractivity contribution < 1.29 is 9.59 Å². The number of aromatic nitrogens is 1. The van der Waals surface area contributed by atoms with Gasteiger partial charge in [0.2, 0.25) is 5.91 Å². The third-order valence-corrected chi connectivity index (χ3v) is 4.72. The number of nitrogens with zero attached hydrogens (tertiary/aromatic N) is 1. The summed E-state index contributed by atoms with van der Waals surface area (Å²) >= 11 is 2.78. The van der Waals surface area contributed by atoms with Gasteiger partial charge in [-0.3, -0.25) is 10.1 Å². The fraction of sp³-hybridized carbons (Fsp3) is 0.250. The molecule has 1 aromatic carbocycles. The molecule has 0 spiro atoms. The molecule has 1 heterocycles. The summed E-state index contributed by atoms with van der Waals surface area (Å²) in [6.45, 7) is 1.73. The van der Waals surface area contributed by atoms with E-state index in [1.165, 1.54) is 30.1 Å². The molecule has 0 aliphatic heterocycles. The molecule has 3 amide bonds. The van der Waals surface area contributed by atoms with Crippen LogP contribution in [0, 0.1) is 0 Å². The van der Waals surface area contributed by atoms with Crippen LogP contribution in [0.1, 0.15) is 6.92 Å². The van der Waals surface area contributed by atoms with Gasteiger partial charge in [0, 0.05) is 12.7 Å². The number of nitrogens with one attached hydrogen (secondary N) is 2. The number of hydrogen-bond acceptors (Lipinski definition) is 6. The molecule has 0 fully saturated rings. The molecule has 0 saturated carbocycles. The van der Waals surface area contributed by atoms with Gasteiger partial charge in [0.05, 0.1) is 15.5 Å². The van der Waals surface area contributed by atoms with Crippen LogP contribution >= 0.6 is 23.1 Å². The highest BCUT2D eigenvalue weighted by Gasteiger charge is 2.18. The Labute approximate surface area is 124 Å². The molecule has 4 N–H and O–H groups in total. The van der Waals surface area contributed by atoms with E-state index >= 15 is 0 Å². The van der Waals surface area contributed by atoms with Gasteiger partial charge in [-0.25, -0.2) is 9.78 Å². The number of urea groups is 1. The Balaban J connectivity index is 2.07. The van der Waals surface area contributed by atoms with Crippen molar-refractivity contribution in [3.05, 3.63) is 18.2 Å². The number of imide groups is 1. The minimum absolute atomic E-state index is 0.354. The van der Waals surface area contributed by atoms with E-state index in [-0.39, 0.29) is 5.91 Å². The number of thiazole rings is 1. The molecule has 0 aliphatic carbocycles. The summed E-state index contributed by atoms with van der Waals surface area (Å²) < 4.78 is 1.75. The van der Waals surface area contributed by atoms with E-state index in [1.807, 2.05) is 12.1 Å². The number of carbonyl (C=O) groups is 2. The standard InChI is InChI=1S/C12H14N4O2S2/c1-6(10(17)16-11(18)14-2)19-12-15-8-4-3-7(13)5-9(8)20-12/h3-6H,13H2,1-2H3,(H2,14,16,17,18). The lowest BCUT2D eigenvalue weighted by Crippen LogP contribution is -2.41. The summed E-state index contributed by atoms with van der Waals surface area (Å²) in [7, 11) is 1.46. The molecule has 1 unspecified atom stereocenters. The maximum absolute atomic E-state index is 11.8. The van der Waals surface area contributed by atoms with Crippen LogP contribution in [0.5, 0.6) is 0 Å². The first-order valence-corrected chi connectivity index (χ1v) is 7.54. The first-order chi connectivity index (χ1) is 9.49. The molecule has 2 rings (SSSR count). The number of nitrogens with two attached hydrogens (primary N) is 1. The summed E-state index contributed by atoms with van der Waals surface area (Å²) in [5.41, 5.74) is 7.25. The van der Waals surface area contributed by atoms with Crippen LogP contribution in [0.4, 0.5) is 10.5 Å². The van der Waals surface area contributed by atoms with E-state index in [0.717, 1.165) is 14.6 Å². The van der Waals surface area contributed by atoms with Crippen molar-refractivity contribution in [1.82, 2.24) is 15.6 Å². The topological polar surface area (TPSA) is 97.1 Å². The predicted octanol–water partition coefficient (Wildman–Crippen LogP) is 1.81. The Morgan fingerprint density at radius 2 is 2.20 bits per heavy atom. The zero-order valence-electron chi connectivity index (χ0n) is 11.0. The third-order valence-electron chi connectivity index (χ3n) is 2.50. The Kier molecular flexibility index (Phi) is 4.46. The number of amides is 3. The van der Waals surface area contributed by atoms with E-state index < -0.39 is 11.3 Å². The van der Waals surface area contributed by atoms with E-state index in [2.05, 4.69) is 15.6 Å². The molecule has 8 heteroatoms. The molecule has 0 bridgehead atoms. The first kappa shape index (κ1) is 14.6. The molecule has 0 saturated heterocycles. The number of rotatable bonds is 3. The van der Waals surface area contributed by atoms with Crippen molar-refractivity contribution in [2.75, 3.05) is 12.8 Å². The number of carbonyl (C=O) groups excluding carboxylic acids is 2. The second-order valence-electron chi connectivity index (χ2n) is 4.04. The van der Waals surface area contributed by atoms with Crippen molar-refractivity contribution in [1.29, 1.82) is 0 Å². The largest absolute Gasteiger partial charge is 0.399 e. The smallest absolute Gasteiger partial charge is 0.321 e. The monoisotopic (exact) mass is 310 g/mol. The molecule has 0 aliphatic rings. The Hall–Kier alpha value is -1.80. The number of thioether (sulfide) groups is 1. The van der Waals surface area contributed by atoms with Crippen LogP contribution < -0.4 is 16.4 Å². The van der Waals surface area contributed by atoms with Gasteiger partial charge in [0.15, 0.2) is 4.34 Å². The molecule has 20 heavy (non-hydrogen) atoms. The van der Waals surface area contributed by atoms with Crippen LogP contribution in [0.3, 0.4) is 0 Å². The SMILES string of the molecule is CNC(=O)NC(=O)C(C)Sc1nc2ccc(N)cc2s1. The summed E-state index contributed by atoms with van der Waals surface area (Å²) in [6.07, 6.45) is 0. The van der Waals surface area contributed by atoms with Gasteiger partial charge in [0.25, 0.3) is 0 Å². The van der Waals surface area contributed by atoms with Crippen molar-refractivity contribution >= 4 is 50.9 Å². The number of nitrogen functional groups attached to an aromatic ring is 1. The normalized spacial score (nSPS) is 12.1. The van der Waals surface area contributed by atoms with Gasteiger partial charge in [-0.05, 0) is 25.1 Å². The maximum Gasteiger partial charge on any atom is 0.321 e. The summed E-state index contributed by atoms with van der Waals surface area (Å²) in [6, 6.07) is 4.98. The molecule has 106 valence electrons. The van der Waals surface area contributed by atoms with Crippen molar-refractivity contribution in [2.24, 2.45) is 0 Å². The molecule has 1 atom stereocenters. The van der Waals surface area contributed by atoms with Crippen LogP contribution in [-0.2, 0) is 4.79 Å². The Morgan fingerprint density at radius 1 is 1.45 bits per heavy atom. The summed E-state index contributed by atoms with van der Waals surface area (Å²) in [5, 5.41) is 4.16.